The van der Waals surface area contributed by atoms with Crippen LogP contribution < -0.4 is 5.73 Å². The van der Waals surface area contributed by atoms with Crippen molar-refractivity contribution in [2.75, 3.05) is 12.8 Å². The first-order valence-corrected chi connectivity index (χ1v) is 6.33. The van der Waals surface area contributed by atoms with Gasteiger partial charge in [0.15, 0.2) is 5.13 Å². The molecule has 2 aromatic heterocycles. The molecule has 94 valence electrons. The number of nitrogens with zero attached hydrogens (tertiary/aromatic N) is 3. The molecule has 1 amide bonds. The number of aromatic nitrogens is 2. The van der Waals surface area contributed by atoms with Gasteiger partial charge in [-0.25, -0.2) is 4.98 Å². The summed E-state index contributed by atoms with van der Waals surface area (Å²) in [5, 5.41) is 2.07. The lowest BCUT2D eigenvalue weighted by atomic mass is 10.3. The Hall–Kier alpha value is -1.95. The van der Waals surface area contributed by atoms with Gasteiger partial charge in [0.2, 0.25) is 0 Å². The molecule has 2 aromatic rings. The number of nitrogens with two attached hydrogens (primary N) is 1. The average Bonchev–Trinajstić information content (AvgIpc) is 2.75. The minimum Gasteiger partial charge on any atom is -0.375 e. The van der Waals surface area contributed by atoms with E-state index in [4.69, 9.17) is 5.73 Å². The van der Waals surface area contributed by atoms with Crippen LogP contribution in [0, 0.1) is 6.92 Å². The van der Waals surface area contributed by atoms with Crippen molar-refractivity contribution in [3.8, 4) is 0 Å². The van der Waals surface area contributed by atoms with Crippen LogP contribution in [0.4, 0.5) is 5.13 Å². The molecule has 0 spiro atoms. The third-order valence-electron chi connectivity index (χ3n) is 2.43. The molecule has 2 rings (SSSR count). The van der Waals surface area contributed by atoms with E-state index in [1.165, 1.54) is 11.3 Å². The van der Waals surface area contributed by atoms with Gasteiger partial charge >= 0.3 is 0 Å². The third-order valence-corrected chi connectivity index (χ3v) is 3.11. The molecular formula is C12H14N4OS. The maximum absolute atomic E-state index is 12.0. The van der Waals surface area contributed by atoms with Gasteiger partial charge in [0, 0.05) is 18.1 Å². The van der Waals surface area contributed by atoms with Crippen LogP contribution in [0.25, 0.3) is 0 Å². The Kier molecular flexibility index (Phi) is 3.57. The smallest absolute Gasteiger partial charge is 0.273 e. The molecule has 0 saturated carbocycles. The number of anilines is 1. The van der Waals surface area contributed by atoms with E-state index in [1.807, 2.05) is 25.1 Å². The molecule has 0 aromatic carbocycles. The number of amides is 1. The highest BCUT2D eigenvalue weighted by molar-refractivity contribution is 7.13. The number of hydrogen-bond donors (Lipinski definition) is 1. The number of carbonyl (C=O) groups is 1. The second-order valence-electron chi connectivity index (χ2n) is 4.00. The number of nitrogen functional groups attached to an aromatic ring is 1. The molecule has 2 N–H and O–H groups in total. The molecule has 18 heavy (non-hydrogen) atoms. The number of thiazole rings is 1. The minimum atomic E-state index is -0.147. The first kappa shape index (κ1) is 12.5. The van der Waals surface area contributed by atoms with Gasteiger partial charge in [0.25, 0.3) is 5.91 Å². The van der Waals surface area contributed by atoms with E-state index in [2.05, 4.69) is 9.97 Å². The van der Waals surface area contributed by atoms with Crippen molar-refractivity contribution >= 4 is 22.4 Å². The van der Waals surface area contributed by atoms with Crippen molar-refractivity contribution in [3.63, 3.8) is 0 Å². The predicted molar refractivity (Wildman–Crippen MR) is 71.3 cm³/mol. The average molecular weight is 262 g/mol. The summed E-state index contributed by atoms with van der Waals surface area (Å²) in [6.07, 6.45) is 0. The van der Waals surface area contributed by atoms with Crippen molar-refractivity contribution in [1.82, 2.24) is 14.9 Å². The molecule has 0 bridgehead atoms. The Morgan fingerprint density at radius 2 is 2.22 bits per heavy atom. The topological polar surface area (TPSA) is 72.1 Å². The zero-order chi connectivity index (χ0) is 13.1. The fraction of sp³-hybridized carbons (Fsp3) is 0.250. The Balaban J connectivity index is 2.08. The summed E-state index contributed by atoms with van der Waals surface area (Å²) in [5.74, 6) is -0.147. The van der Waals surface area contributed by atoms with Crippen LogP contribution in [0.5, 0.6) is 0 Å². The van der Waals surface area contributed by atoms with Crippen LogP contribution in [0.3, 0.4) is 0 Å². The summed E-state index contributed by atoms with van der Waals surface area (Å²) in [6.45, 7) is 2.38. The van der Waals surface area contributed by atoms with E-state index in [0.29, 0.717) is 17.4 Å². The molecular weight excluding hydrogens is 248 g/mol. The lowest BCUT2D eigenvalue weighted by Gasteiger charge is -2.15. The molecule has 6 heteroatoms. The van der Waals surface area contributed by atoms with Gasteiger partial charge < -0.3 is 10.6 Å². The zero-order valence-corrected chi connectivity index (χ0v) is 11.1. The maximum Gasteiger partial charge on any atom is 0.273 e. The van der Waals surface area contributed by atoms with Crippen LogP contribution >= 0.6 is 11.3 Å². The van der Waals surface area contributed by atoms with Crippen molar-refractivity contribution in [3.05, 3.63) is 40.7 Å². The summed E-state index contributed by atoms with van der Waals surface area (Å²) < 4.78 is 0. The maximum atomic E-state index is 12.0. The number of carbonyl (C=O) groups excluding carboxylic acids is 1. The van der Waals surface area contributed by atoms with E-state index in [1.54, 1.807) is 17.3 Å². The van der Waals surface area contributed by atoms with E-state index in [-0.39, 0.29) is 5.91 Å². The highest BCUT2D eigenvalue weighted by Crippen LogP contribution is 2.13. The van der Waals surface area contributed by atoms with E-state index in [0.717, 1.165) is 11.4 Å². The van der Waals surface area contributed by atoms with Crippen molar-refractivity contribution in [2.24, 2.45) is 0 Å². The van der Waals surface area contributed by atoms with Gasteiger partial charge in [-0.05, 0) is 19.1 Å². The Bertz CT molecular complexity index is 567. The largest absolute Gasteiger partial charge is 0.375 e. The van der Waals surface area contributed by atoms with Gasteiger partial charge in [-0.15, -0.1) is 11.3 Å². The van der Waals surface area contributed by atoms with Gasteiger partial charge in [0.1, 0.15) is 5.69 Å². The van der Waals surface area contributed by atoms with Gasteiger partial charge in [-0.2, -0.15) is 0 Å². The summed E-state index contributed by atoms with van der Waals surface area (Å²) in [7, 11) is 1.72. The van der Waals surface area contributed by atoms with Crippen molar-refractivity contribution < 1.29 is 4.79 Å². The molecule has 0 aliphatic heterocycles. The zero-order valence-electron chi connectivity index (χ0n) is 10.3. The summed E-state index contributed by atoms with van der Waals surface area (Å²) >= 11 is 1.26. The normalized spacial score (nSPS) is 10.3. The van der Waals surface area contributed by atoms with Crippen LogP contribution in [0.2, 0.25) is 0 Å². The van der Waals surface area contributed by atoms with Gasteiger partial charge in [-0.3, -0.25) is 9.78 Å². The summed E-state index contributed by atoms with van der Waals surface area (Å²) in [5.41, 5.74) is 7.69. The van der Waals surface area contributed by atoms with E-state index >= 15 is 0 Å². The van der Waals surface area contributed by atoms with Crippen LogP contribution in [0.1, 0.15) is 21.9 Å². The molecule has 0 unspecified atom stereocenters. The Labute approximate surface area is 109 Å². The monoisotopic (exact) mass is 262 g/mol. The lowest BCUT2D eigenvalue weighted by molar-refractivity contribution is 0.0778. The van der Waals surface area contributed by atoms with Crippen LogP contribution in [0.15, 0.2) is 23.6 Å². The van der Waals surface area contributed by atoms with E-state index < -0.39 is 0 Å². The van der Waals surface area contributed by atoms with Crippen LogP contribution in [-0.2, 0) is 6.54 Å². The number of pyridine rings is 1. The van der Waals surface area contributed by atoms with E-state index in [9.17, 15) is 4.79 Å². The van der Waals surface area contributed by atoms with Crippen LogP contribution in [-0.4, -0.2) is 27.8 Å². The third kappa shape index (κ3) is 2.84. The van der Waals surface area contributed by atoms with Gasteiger partial charge in [-0.1, -0.05) is 6.07 Å². The lowest BCUT2D eigenvalue weighted by Crippen LogP contribution is -2.27. The molecule has 0 fully saturated rings. The highest BCUT2D eigenvalue weighted by atomic mass is 32.1. The fourth-order valence-electron chi connectivity index (χ4n) is 1.58. The number of aryl methyl sites for hydroxylation is 1. The molecule has 0 atom stereocenters. The summed E-state index contributed by atoms with van der Waals surface area (Å²) in [4.78, 5) is 21.9. The number of rotatable bonds is 3. The Morgan fingerprint density at radius 3 is 2.83 bits per heavy atom. The Morgan fingerprint density at radius 1 is 1.44 bits per heavy atom. The molecule has 0 aliphatic carbocycles. The molecule has 2 heterocycles. The molecule has 0 saturated heterocycles. The quantitative estimate of drug-likeness (QED) is 0.913. The molecule has 0 aliphatic rings. The summed E-state index contributed by atoms with van der Waals surface area (Å²) in [6, 6.07) is 5.75. The predicted octanol–water partition coefficient (Wildman–Crippen LogP) is 1.70. The molecule has 0 radical (unpaired) electrons. The van der Waals surface area contributed by atoms with Gasteiger partial charge in [0.05, 0.1) is 12.2 Å². The molecule has 5 nitrogen and oxygen atoms in total. The highest BCUT2D eigenvalue weighted by Gasteiger charge is 2.15. The van der Waals surface area contributed by atoms with Crippen molar-refractivity contribution in [2.45, 2.75) is 13.5 Å². The van der Waals surface area contributed by atoms with Crippen molar-refractivity contribution in [1.29, 1.82) is 0 Å². The second-order valence-corrected chi connectivity index (χ2v) is 4.89. The SMILES string of the molecule is Cc1cccc(CN(C)C(=O)c2csc(N)n2)n1. The first-order valence-electron chi connectivity index (χ1n) is 5.45. The number of hydrogen-bond acceptors (Lipinski definition) is 5. The minimum absolute atomic E-state index is 0.147. The second kappa shape index (κ2) is 5.14. The standard InChI is InChI=1S/C12H14N4OS/c1-8-4-3-5-9(14-8)6-16(2)11(17)10-7-18-12(13)15-10/h3-5,7H,6H2,1-2H3,(H2,13,15). The fourth-order valence-corrected chi connectivity index (χ4v) is 2.12. The first-order chi connectivity index (χ1) is 8.56.